The molecule has 1 unspecified atom stereocenters. The third-order valence-electron chi connectivity index (χ3n) is 2.43. The van der Waals surface area contributed by atoms with Gasteiger partial charge in [-0.1, -0.05) is 17.7 Å². The molecule has 0 aliphatic carbocycles. The van der Waals surface area contributed by atoms with Crippen molar-refractivity contribution in [2.45, 2.75) is 19.9 Å². The second-order valence-electron chi connectivity index (χ2n) is 3.88. The molecule has 1 atom stereocenters. The molecule has 0 fully saturated rings. The SMILES string of the molecule is CNC(C)CNC(=O)c1ccc(C)cc1Cl. The van der Waals surface area contributed by atoms with E-state index in [0.717, 1.165) is 5.56 Å². The number of nitrogens with one attached hydrogen (secondary N) is 2. The van der Waals surface area contributed by atoms with Gasteiger partial charge >= 0.3 is 0 Å². The zero-order valence-electron chi connectivity index (χ0n) is 9.80. The normalized spacial score (nSPS) is 12.2. The summed E-state index contributed by atoms with van der Waals surface area (Å²) in [4.78, 5) is 11.8. The lowest BCUT2D eigenvalue weighted by molar-refractivity contribution is 0.0950. The monoisotopic (exact) mass is 240 g/mol. The molecule has 2 N–H and O–H groups in total. The van der Waals surface area contributed by atoms with Crippen LogP contribution in [0, 0.1) is 6.92 Å². The van der Waals surface area contributed by atoms with Crippen molar-refractivity contribution in [2.24, 2.45) is 0 Å². The van der Waals surface area contributed by atoms with Crippen LogP contribution in [0.25, 0.3) is 0 Å². The zero-order chi connectivity index (χ0) is 12.1. The summed E-state index contributed by atoms with van der Waals surface area (Å²) in [5.41, 5.74) is 1.57. The minimum absolute atomic E-state index is 0.132. The highest BCUT2D eigenvalue weighted by atomic mass is 35.5. The van der Waals surface area contributed by atoms with Crippen LogP contribution in [0.3, 0.4) is 0 Å². The highest BCUT2D eigenvalue weighted by molar-refractivity contribution is 6.33. The van der Waals surface area contributed by atoms with Gasteiger partial charge in [-0.15, -0.1) is 0 Å². The fourth-order valence-corrected chi connectivity index (χ4v) is 1.57. The second-order valence-corrected chi connectivity index (χ2v) is 4.29. The van der Waals surface area contributed by atoms with Gasteiger partial charge in [0.1, 0.15) is 0 Å². The van der Waals surface area contributed by atoms with Crippen LogP contribution >= 0.6 is 11.6 Å². The molecule has 0 heterocycles. The van der Waals surface area contributed by atoms with E-state index in [0.29, 0.717) is 17.1 Å². The standard InChI is InChI=1S/C12H17ClN2O/c1-8-4-5-10(11(13)6-8)12(16)15-7-9(2)14-3/h4-6,9,14H,7H2,1-3H3,(H,15,16). The van der Waals surface area contributed by atoms with E-state index < -0.39 is 0 Å². The lowest BCUT2D eigenvalue weighted by Gasteiger charge is -2.12. The van der Waals surface area contributed by atoms with Gasteiger partial charge in [0.05, 0.1) is 10.6 Å². The summed E-state index contributed by atoms with van der Waals surface area (Å²) in [6.07, 6.45) is 0. The smallest absolute Gasteiger partial charge is 0.252 e. The molecule has 1 amide bonds. The fraction of sp³-hybridized carbons (Fsp3) is 0.417. The molecular formula is C12H17ClN2O. The first-order chi connectivity index (χ1) is 7.54. The lowest BCUT2D eigenvalue weighted by Crippen LogP contribution is -2.37. The minimum atomic E-state index is -0.132. The van der Waals surface area contributed by atoms with E-state index in [9.17, 15) is 4.79 Å². The molecule has 0 aromatic heterocycles. The van der Waals surface area contributed by atoms with Crippen LogP contribution in [0.4, 0.5) is 0 Å². The molecule has 0 aliphatic rings. The van der Waals surface area contributed by atoms with E-state index in [1.807, 2.05) is 27.0 Å². The van der Waals surface area contributed by atoms with Crippen molar-refractivity contribution < 1.29 is 4.79 Å². The Bertz CT molecular complexity index is 379. The Balaban J connectivity index is 2.66. The number of aryl methyl sites for hydroxylation is 1. The lowest BCUT2D eigenvalue weighted by atomic mass is 10.1. The van der Waals surface area contributed by atoms with Crippen molar-refractivity contribution in [1.82, 2.24) is 10.6 Å². The van der Waals surface area contributed by atoms with Crippen molar-refractivity contribution in [3.63, 3.8) is 0 Å². The molecule has 3 nitrogen and oxygen atoms in total. The average Bonchev–Trinajstić information content (AvgIpc) is 2.25. The van der Waals surface area contributed by atoms with Crippen molar-refractivity contribution >= 4 is 17.5 Å². The van der Waals surface area contributed by atoms with Gasteiger partial charge in [0, 0.05) is 12.6 Å². The predicted octanol–water partition coefficient (Wildman–Crippen LogP) is 1.99. The minimum Gasteiger partial charge on any atom is -0.350 e. The summed E-state index contributed by atoms with van der Waals surface area (Å²) in [5, 5.41) is 6.37. The van der Waals surface area contributed by atoms with Crippen molar-refractivity contribution in [3.8, 4) is 0 Å². The Morgan fingerprint density at radius 1 is 1.50 bits per heavy atom. The van der Waals surface area contributed by atoms with Crippen molar-refractivity contribution in [1.29, 1.82) is 0 Å². The Hall–Kier alpha value is -1.06. The maximum atomic E-state index is 11.8. The number of amides is 1. The van der Waals surface area contributed by atoms with Crippen LogP contribution in [0.5, 0.6) is 0 Å². The highest BCUT2D eigenvalue weighted by Gasteiger charge is 2.10. The highest BCUT2D eigenvalue weighted by Crippen LogP contribution is 2.17. The summed E-state index contributed by atoms with van der Waals surface area (Å²) < 4.78 is 0. The van der Waals surface area contributed by atoms with Crippen molar-refractivity contribution in [2.75, 3.05) is 13.6 Å². The molecule has 1 aromatic rings. The van der Waals surface area contributed by atoms with Gasteiger partial charge in [0.2, 0.25) is 0 Å². The molecule has 0 spiro atoms. The molecule has 16 heavy (non-hydrogen) atoms. The number of carbonyl (C=O) groups excluding carboxylic acids is 1. The average molecular weight is 241 g/mol. The third-order valence-corrected chi connectivity index (χ3v) is 2.74. The van der Waals surface area contributed by atoms with E-state index in [1.165, 1.54) is 0 Å². The first kappa shape index (κ1) is 13.0. The van der Waals surface area contributed by atoms with Gasteiger partial charge in [-0.2, -0.15) is 0 Å². The number of hydrogen-bond acceptors (Lipinski definition) is 2. The van der Waals surface area contributed by atoms with Gasteiger partial charge in [0.15, 0.2) is 0 Å². The first-order valence-corrected chi connectivity index (χ1v) is 5.64. The van der Waals surface area contributed by atoms with Gasteiger partial charge in [-0.3, -0.25) is 4.79 Å². The maximum Gasteiger partial charge on any atom is 0.252 e. The molecule has 1 aromatic carbocycles. The van der Waals surface area contributed by atoms with Gasteiger partial charge < -0.3 is 10.6 Å². The van der Waals surface area contributed by atoms with E-state index in [2.05, 4.69) is 10.6 Å². The molecule has 4 heteroatoms. The Kier molecular flexibility index (Phi) is 4.77. The van der Waals surface area contributed by atoms with Crippen LogP contribution in [-0.4, -0.2) is 25.5 Å². The number of benzene rings is 1. The molecule has 88 valence electrons. The Morgan fingerprint density at radius 3 is 2.75 bits per heavy atom. The zero-order valence-corrected chi connectivity index (χ0v) is 10.6. The number of likely N-dealkylation sites (N-methyl/N-ethyl adjacent to an activating group) is 1. The topological polar surface area (TPSA) is 41.1 Å². The van der Waals surface area contributed by atoms with Gasteiger partial charge in [-0.05, 0) is 38.6 Å². The summed E-state index contributed by atoms with van der Waals surface area (Å²) in [5.74, 6) is -0.132. The number of halogens is 1. The number of hydrogen-bond donors (Lipinski definition) is 2. The summed E-state index contributed by atoms with van der Waals surface area (Å²) in [6.45, 7) is 4.52. The summed E-state index contributed by atoms with van der Waals surface area (Å²) in [6, 6.07) is 5.66. The Labute approximate surface area is 101 Å². The third kappa shape index (κ3) is 3.51. The van der Waals surface area contributed by atoms with Crippen LogP contribution < -0.4 is 10.6 Å². The molecule has 1 rings (SSSR count). The van der Waals surface area contributed by atoms with Gasteiger partial charge in [-0.25, -0.2) is 0 Å². The van der Waals surface area contributed by atoms with E-state index in [4.69, 9.17) is 11.6 Å². The molecular weight excluding hydrogens is 224 g/mol. The van der Waals surface area contributed by atoms with E-state index >= 15 is 0 Å². The van der Waals surface area contributed by atoms with Gasteiger partial charge in [0.25, 0.3) is 5.91 Å². The number of rotatable bonds is 4. The fourth-order valence-electron chi connectivity index (χ4n) is 1.25. The van der Waals surface area contributed by atoms with Crippen LogP contribution in [0.15, 0.2) is 18.2 Å². The largest absolute Gasteiger partial charge is 0.350 e. The quantitative estimate of drug-likeness (QED) is 0.845. The van der Waals surface area contributed by atoms with Crippen LogP contribution in [-0.2, 0) is 0 Å². The van der Waals surface area contributed by atoms with Crippen LogP contribution in [0.1, 0.15) is 22.8 Å². The van der Waals surface area contributed by atoms with E-state index in [1.54, 1.807) is 12.1 Å². The Morgan fingerprint density at radius 2 is 2.19 bits per heavy atom. The van der Waals surface area contributed by atoms with Crippen LogP contribution in [0.2, 0.25) is 5.02 Å². The molecule has 0 radical (unpaired) electrons. The predicted molar refractivity (Wildman–Crippen MR) is 67.0 cm³/mol. The molecule has 0 bridgehead atoms. The molecule has 0 saturated heterocycles. The molecule has 0 aliphatic heterocycles. The summed E-state index contributed by atoms with van der Waals surface area (Å²) in [7, 11) is 1.86. The second kappa shape index (κ2) is 5.87. The van der Waals surface area contributed by atoms with Crippen molar-refractivity contribution in [3.05, 3.63) is 34.3 Å². The first-order valence-electron chi connectivity index (χ1n) is 5.26. The maximum absolute atomic E-state index is 11.8. The molecule has 0 saturated carbocycles. The number of carbonyl (C=O) groups is 1. The summed E-state index contributed by atoms with van der Waals surface area (Å²) >= 11 is 6.00. The van der Waals surface area contributed by atoms with E-state index in [-0.39, 0.29) is 11.9 Å².